The zero-order chi connectivity index (χ0) is 20.0. The van der Waals surface area contributed by atoms with Gasteiger partial charge in [-0.05, 0) is 44.0 Å². The number of hydrogen-bond donors (Lipinski definition) is 2. The third-order valence-corrected chi connectivity index (χ3v) is 8.05. The van der Waals surface area contributed by atoms with Crippen LogP contribution in [0.2, 0.25) is 0 Å². The number of aryl methyl sites for hydroxylation is 1. The molecule has 1 heterocycles. The average molecular weight is 441 g/mol. The van der Waals surface area contributed by atoms with Gasteiger partial charge in [0.25, 0.3) is 10.0 Å². The Bertz CT molecular complexity index is 891. The molecule has 1 aliphatic rings. The van der Waals surface area contributed by atoms with E-state index in [0.717, 1.165) is 5.75 Å². The number of nitrogens with zero attached hydrogens (tertiary/aromatic N) is 2. The average Bonchev–Trinajstić information content (AvgIpc) is 3.07. The molecule has 1 aliphatic carbocycles. The third-order valence-electron chi connectivity index (χ3n) is 4.43. The largest absolute Gasteiger partial charge is 0.326 e. The lowest BCUT2D eigenvalue weighted by Crippen LogP contribution is -2.15. The van der Waals surface area contributed by atoms with Gasteiger partial charge in [-0.3, -0.25) is 9.52 Å². The number of amides is 1. The Morgan fingerprint density at radius 1 is 1.18 bits per heavy atom. The summed E-state index contributed by atoms with van der Waals surface area (Å²) >= 11 is 3.05. The predicted octanol–water partition coefficient (Wildman–Crippen LogP) is 4.04. The minimum atomic E-state index is -3.73. The van der Waals surface area contributed by atoms with E-state index in [-0.39, 0.29) is 15.9 Å². The second-order valence-corrected chi connectivity index (χ2v) is 11.0. The molecule has 7 nitrogen and oxygen atoms in total. The van der Waals surface area contributed by atoms with Crippen LogP contribution in [-0.2, 0) is 14.8 Å². The molecule has 2 N–H and O–H groups in total. The molecular weight excluding hydrogens is 416 g/mol. The second-order valence-electron chi connectivity index (χ2n) is 6.69. The molecular formula is C18H24N4O3S3. The highest BCUT2D eigenvalue weighted by molar-refractivity contribution is 7.99. The number of hydrogen-bond acceptors (Lipinski definition) is 7. The van der Waals surface area contributed by atoms with E-state index in [1.165, 1.54) is 55.6 Å². The maximum Gasteiger partial charge on any atom is 0.263 e. The Morgan fingerprint density at radius 3 is 2.54 bits per heavy atom. The summed E-state index contributed by atoms with van der Waals surface area (Å²) in [6.07, 6.45) is 6.90. The van der Waals surface area contributed by atoms with Gasteiger partial charge >= 0.3 is 0 Å². The van der Waals surface area contributed by atoms with E-state index in [2.05, 4.69) is 20.2 Å². The van der Waals surface area contributed by atoms with Crippen LogP contribution in [0, 0.1) is 6.92 Å². The van der Waals surface area contributed by atoms with Gasteiger partial charge in [-0.2, -0.15) is 11.8 Å². The SMILES string of the molecule is Cc1nnc(NS(=O)(=O)c2ccc(NC(=O)CCSC3CCCCC3)cc2)s1. The van der Waals surface area contributed by atoms with Gasteiger partial charge in [-0.15, -0.1) is 10.2 Å². The van der Waals surface area contributed by atoms with Crippen molar-refractivity contribution in [3.05, 3.63) is 29.3 Å². The number of sulfonamides is 1. The van der Waals surface area contributed by atoms with Crippen LogP contribution in [-0.4, -0.2) is 35.5 Å². The van der Waals surface area contributed by atoms with Crippen LogP contribution in [0.1, 0.15) is 43.5 Å². The highest BCUT2D eigenvalue weighted by Crippen LogP contribution is 2.28. The highest BCUT2D eigenvalue weighted by Gasteiger charge is 2.17. The summed E-state index contributed by atoms with van der Waals surface area (Å²) in [5, 5.41) is 12.0. The molecule has 0 radical (unpaired) electrons. The maximum absolute atomic E-state index is 12.4. The van der Waals surface area contributed by atoms with E-state index in [1.54, 1.807) is 19.1 Å². The van der Waals surface area contributed by atoms with Crippen molar-refractivity contribution >= 4 is 49.8 Å². The van der Waals surface area contributed by atoms with Gasteiger partial charge in [0.15, 0.2) is 0 Å². The Kier molecular flexibility index (Phi) is 7.30. The summed E-state index contributed by atoms with van der Waals surface area (Å²) in [5.41, 5.74) is 0.582. The number of anilines is 2. The number of aromatic nitrogens is 2. The fourth-order valence-electron chi connectivity index (χ4n) is 3.00. The van der Waals surface area contributed by atoms with Gasteiger partial charge in [0.05, 0.1) is 4.90 Å². The van der Waals surface area contributed by atoms with Crippen molar-refractivity contribution in [1.82, 2.24) is 10.2 Å². The molecule has 3 rings (SSSR count). The zero-order valence-electron chi connectivity index (χ0n) is 15.7. The number of rotatable bonds is 8. The Balaban J connectivity index is 1.48. The van der Waals surface area contributed by atoms with Crippen LogP contribution >= 0.6 is 23.1 Å². The summed E-state index contributed by atoms with van der Waals surface area (Å²) in [6, 6.07) is 6.10. The van der Waals surface area contributed by atoms with Crippen LogP contribution in [0.3, 0.4) is 0 Å². The molecule has 0 unspecified atom stereocenters. The van der Waals surface area contributed by atoms with Crippen molar-refractivity contribution in [3.63, 3.8) is 0 Å². The molecule has 0 spiro atoms. The quantitative estimate of drug-likeness (QED) is 0.642. The van der Waals surface area contributed by atoms with Gasteiger partial charge in [0, 0.05) is 23.1 Å². The van der Waals surface area contributed by atoms with Crippen molar-refractivity contribution in [2.75, 3.05) is 15.8 Å². The minimum absolute atomic E-state index is 0.0543. The fraction of sp³-hybridized carbons (Fsp3) is 0.500. The molecule has 28 heavy (non-hydrogen) atoms. The third kappa shape index (κ3) is 6.18. The maximum atomic E-state index is 12.4. The molecule has 0 bridgehead atoms. The lowest BCUT2D eigenvalue weighted by Gasteiger charge is -2.20. The van der Waals surface area contributed by atoms with E-state index in [0.29, 0.717) is 22.4 Å². The predicted molar refractivity (Wildman–Crippen MR) is 114 cm³/mol. The topological polar surface area (TPSA) is 101 Å². The molecule has 1 fully saturated rings. The number of benzene rings is 1. The molecule has 152 valence electrons. The second kappa shape index (κ2) is 9.71. The van der Waals surface area contributed by atoms with Crippen LogP contribution in [0.5, 0.6) is 0 Å². The molecule has 0 saturated heterocycles. The zero-order valence-corrected chi connectivity index (χ0v) is 18.1. The number of carbonyl (C=O) groups is 1. The lowest BCUT2D eigenvalue weighted by atomic mass is 10.0. The van der Waals surface area contributed by atoms with E-state index in [1.807, 2.05) is 11.8 Å². The van der Waals surface area contributed by atoms with Gasteiger partial charge in [0.1, 0.15) is 5.01 Å². The smallest absolute Gasteiger partial charge is 0.263 e. The van der Waals surface area contributed by atoms with Crippen LogP contribution in [0.15, 0.2) is 29.2 Å². The fourth-order valence-corrected chi connectivity index (χ4v) is 6.13. The van der Waals surface area contributed by atoms with Crippen molar-refractivity contribution in [1.29, 1.82) is 0 Å². The molecule has 1 saturated carbocycles. The summed E-state index contributed by atoms with van der Waals surface area (Å²) in [4.78, 5) is 12.2. The number of thioether (sulfide) groups is 1. The van der Waals surface area contributed by atoms with Crippen LogP contribution in [0.25, 0.3) is 0 Å². The first-order valence-electron chi connectivity index (χ1n) is 9.27. The number of carbonyl (C=O) groups excluding carboxylic acids is 1. The van der Waals surface area contributed by atoms with Crippen molar-refractivity contribution in [2.24, 2.45) is 0 Å². The van der Waals surface area contributed by atoms with Gasteiger partial charge < -0.3 is 5.32 Å². The molecule has 2 aromatic rings. The standard InChI is InChI=1S/C18H24N4O3S3/c1-13-20-21-18(27-13)22-28(24,25)16-9-7-14(8-10-16)19-17(23)11-12-26-15-5-3-2-4-6-15/h7-10,15H,2-6,11-12H2,1H3,(H,19,23)(H,21,22). The Morgan fingerprint density at radius 2 is 1.89 bits per heavy atom. The van der Waals surface area contributed by atoms with Crippen LogP contribution < -0.4 is 10.0 Å². The number of nitrogens with one attached hydrogen (secondary N) is 2. The minimum Gasteiger partial charge on any atom is -0.326 e. The van der Waals surface area contributed by atoms with Crippen LogP contribution in [0.4, 0.5) is 10.8 Å². The van der Waals surface area contributed by atoms with E-state index in [9.17, 15) is 13.2 Å². The van der Waals surface area contributed by atoms with Crippen molar-refractivity contribution < 1.29 is 13.2 Å². The molecule has 0 atom stereocenters. The first kappa shape index (κ1) is 21.1. The van der Waals surface area contributed by atoms with E-state index < -0.39 is 10.0 Å². The summed E-state index contributed by atoms with van der Waals surface area (Å²) < 4.78 is 27.1. The van der Waals surface area contributed by atoms with Crippen molar-refractivity contribution in [3.8, 4) is 0 Å². The van der Waals surface area contributed by atoms with Crippen molar-refractivity contribution in [2.45, 2.75) is 55.6 Å². The highest BCUT2D eigenvalue weighted by atomic mass is 32.2. The molecule has 1 amide bonds. The normalized spacial score (nSPS) is 15.3. The van der Waals surface area contributed by atoms with E-state index in [4.69, 9.17) is 0 Å². The van der Waals surface area contributed by atoms with E-state index >= 15 is 0 Å². The summed E-state index contributed by atoms with van der Waals surface area (Å²) in [5.74, 6) is 0.759. The Hall–Kier alpha value is -1.65. The van der Waals surface area contributed by atoms with Gasteiger partial charge in [-0.25, -0.2) is 8.42 Å². The Labute approximate surface area is 173 Å². The molecule has 1 aromatic heterocycles. The van der Waals surface area contributed by atoms with Gasteiger partial charge in [0.2, 0.25) is 11.0 Å². The van der Waals surface area contributed by atoms with Gasteiger partial charge in [-0.1, -0.05) is 30.6 Å². The first-order valence-corrected chi connectivity index (χ1v) is 12.6. The summed E-state index contributed by atoms with van der Waals surface area (Å²) in [6.45, 7) is 1.75. The summed E-state index contributed by atoms with van der Waals surface area (Å²) in [7, 11) is -3.73. The molecule has 0 aliphatic heterocycles. The molecule has 1 aromatic carbocycles. The first-order chi connectivity index (χ1) is 13.4. The monoisotopic (exact) mass is 440 g/mol. The lowest BCUT2D eigenvalue weighted by molar-refractivity contribution is -0.115. The molecule has 10 heteroatoms.